The lowest BCUT2D eigenvalue weighted by molar-refractivity contribution is -0.130. The molecule has 0 atom stereocenters. The van der Waals surface area contributed by atoms with Crippen LogP contribution >= 0.6 is 11.3 Å². The number of aryl methyl sites for hydroxylation is 1. The second-order valence-corrected chi connectivity index (χ2v) is 7.25. The highest BCUT2D eigenvalue weighted by Crippen LogP contribution is 2.11. The summed E-state index contributed by atoms with van der Waals surface area (Å²) in [6, 6.07) is 12.7. The quantitative estimate of drug-likeness (QED) is 0.803. The smallest absolute Gasteiger partial charge is 0.227 e. The molecule has 0 saturated carbocycles. The Balaban J connectivity index is 1.40. The molecule has 2 heterocycles. The number of carbonyl (C=O) groups excluding carboxylic acids is 1. The molecule has 1 saturated heterocycles. The van der Waals surface area contributed by atoms with Gasteiger partial charge in [-0.1, -0.05) is 30.3 Å². The molecule has 1 aromatic heterocycles. The molecule has 2 aromatic rings. The van der Waals surface area contributed by atoms with Gasteiger partial charge in [-0.2, -0.15) is 11.3 Å². The number of rotatable bonds is 6. The molecule has 1 amide bonds. The van der Waals surface area contributed by atoms with Gasteiger partial charge in [-0.05, 0) is 60.3 Å². The lowest BCUT2D eigenvalue weighted by atomic mass is 10.1. The van der Waals surface area contributed by atoms with Crippen molar-refractivity contribution < 1.29 is 4.79 Å². The summed E-state index contributed by atoms with van der Waals surface area (Å²) in [6.07, 6.45) is 3.96. The molecule has 0 unspecified atom stereocenters. The summed E-state index contributed by atoms with van der Waals surface area (Å²) in [4.78, 5) is 17.0. The Kier molecular flexibility index (Phi) is 6.44. The summed E-state index contributed by atoms with van der Waals surface area (Å²) < 4.78 is 0. The van der Waals surface area contributed by atoms with Crippen LogP contribution in [-0.2, 0) is 17.6 Å². The normalized spacial score (nSPS) is 16.1. The van der Waals surface area contributed by atoms with Crippen molar-refractivity contribution in [3.8, 4) is 0 Å². The minimum Gasteiger partial charge on any atom is -0.341 e. The maximum Gasteiger partial charge on any atom is 0.227 e. The fourth-order valence-electron chi connectivity index (χ4n) is 3.28. The van der Waals surface area contributed by atoms with E-state index >= 15 is 0 Å². The molecule has 0 bridgehead atoms. The summed E-state index contributed by atoms with van der Waals surface area (Å²) >= 11 is 1.66. The summed E-state index contributed by atoms with van der Waals surface area (Å²) in [7, 11) is 0. The molecule has 0 N–H and O–H groups in total. The summed E-state index contributed by atoms with van der Waals surface area (Å²) in [6.45, 7) is 5.01. The van der Waals surface area contributed by atoms with Gasteiger partial charge in [0, 0.05) is 19.6 Å². The first kappa shape index (κ1) is 17.2. The van der Waals surface area contributed by atoms with Crippen molar-refractivity contribution >= 4 is 17.2 Å². The monoisotopic (exact) mass is 342 g/mol. The van der Waals surface area contributed by atoms with E-state index in [1.807, 2.05) is 5.38 Å². The van der Waals surface area contributed by atoms with Gasteiger partial charge < -0.3 is 9.80 Å². The van der Waals surface area contributed by atoms with Crippen molar-refractivity contribution in [2.75, 3.05) is 32.7 Å². The van der Waals surface area contributed by atoms with Gasteiger partial charge in [-0.3, -0.25) is 4.79 Å². The van der Waals surface area contributed by atoms with Gasteiger partial charge in [0.1, 0.15) is 0 Å². The number of nitrogens with zero attached hydrogens (tertiary/aromatic N) is 2. The van der Waals surface area contributed by atoms with Gasteiger partial charge in [0.15, 0.2) is 0 Å². The molecule has 3 nitrogen and oxygen atoms in total. The molecule has 1 fully saturated rings. The van der Waals surface area contributed by atoms with Crippen molar-refractivity contribution in [2.45, 2.75) is 25.7 Å². The van der Waals surface area contributed by atoms with Crippen LogP contribution in [0.3, 0.4) is 0 Å². The van der Waals surface area contributed by atoms with Crippen molar-refractivity contribution in [1.82, 2.24) is 9.80 Å². The molecular formula is C20H26N2OS. The van der Waals surface area contributed by atoms with E-state index in [1.165, 1.54) is 12.0 Å². The third kappa shape index (κ3) is 5.18. The average molecular weight is 343 g/mol. The number of hydrogen-bond acceptors (Lipinski definition) is 3. The standard InChI is InChI=1S/C20H26N2OS/c23-20(16-19-9-15-24-17-19)22-12-5-11-21(13-14-22)10-4-8-18-6-2-1-3-7-18/h1-3,6-7,9,15,17H,4-5,8,10-14,16H2. The third-order valence-electron chi connectivity index (χ3n) is 4.66. The molecule has 1 aliphatic rings. The number of thiophene rings is 1. The Bertz CT molecular complexity index is 612. The van der Waals surface area contributed by atoms with E-state index in [9.17, 15) is 4.79 Å². The van der Waals surface area contributed by atoms with Crippen LogP contribution in [-0.4, -0.2) is 48.4 Å². The molecule has 0 radical (unpaired) electrons. The highest BCUT2D eigenvalue weighted by atomic mass is 32.1. The van der Waals surface area contributed by atoms with Gasteiger partial charge in [0.2, 0.25) is 5.91 Å². The van der Waals surface area contributed by atoms with E-state index in [-0.39, 0.29) is 5.91 Å². The molecule has 0 aliphatic carbocycles. The van der Waals surface area contributed by atoms with Crippen LogP contribution < -0.4 is 0 Å². The van der Waals surface area contributed by atoms with Crippen molar-refractivity contribution in [2.24, 2.45) is 0 Å². The van der Waals surface area contributed by atoms with Crippen LogP contribution in [0.1, 0.15) is 24.0 Å². The van der Waals surface area contributed by atoms with E-state index < -0.39 is 0 Å². The second kappa shape index (κ2) is 9.00. The first-order valence-corrected chi connectivity index (χ1v) is 9.81. The predicted molar refractivity (Wildman–Crippen MR) is 100 cm³/mol. The number of hydrogen-bond donors (Lipinski definition) is 0. The summed E-state index contributed by atoms with van der Waals surface area (Å²) in [5.74, 6) is 0.277. The minimum atomic E-state index is 0.277. The third-order valence-corrected chi connectivity index (χ3v) is 5.39. The summed E-state index contributed by atoms with van der Waals surface area (Å²) in [5, 5.41) is 4.12. The molecule has 128 valence electrons. The SMILES string of the molecule is O=C(Cc1ccsc1)N1CCCN(CCCc2ccccc2)CC1. The Labute approximate surface area is 148 Å². The zero-order valence-electron chi connectivity index (χ0n) is 14.2. The van der Waals surface area contributed by atoms with Crippen LogP contribution in [0, 0.1) is 0 Å². The zero-order chi connectivity index (χ0) is 16.6. The number of benzene rings is 1. The minimum absolute atomic E-state index is 0.277. The topological polar surface area (TPSA) is 23.6 Å². The molecule has 1 aliphatic heterocycles. The lowest BCUT2D eigenvalue weighted by Crippen LogP contribution is -2.36. The Morgan fingerprint density at radius 2 is 1.88 bits per heavy atom. The average Bonchev–Trinajstić information content (AvgIpc) is 2.99. The Hall–Kier alpha value is -1.65. The Morgan fingerprint density at radius 1 is 1.00 bits per heavy atom. The van der Waals surface area contributed by atoms with Crippen LogP contribution in [0.2, 0.25) is 0 Å². The largest absolute Gasteiger partial charge is 0.341 e. The molecular weight excluding hydrogens is 316 g/mol. The highest BCUT2D eigenvalue weighted by molar-refractivity contribution is 7.07. The van der Waals surface area contributed by atoms with E-state index in [0.29, 0.717) is 6.42 Å². The Morgan fingerprint density at radius 3 is 2.67 bits per heavy atom. The zero-order valence-corrected chi connectivity index (χ0v) is 15.0. The van der Waals surface area contributed by atoms with Crippen LogP contribution in [0.15, 0.2) is 47.2 Å². The second-order valence-electron chi connectivity index (χ2n) is 6.47. The van der Waals surface area contributed by atoms with E-state index in [0.717, 1.165) is 51.1 Å². The molecule has 3 rings (SSSR count). The fraction of sp³-hybridized carbons (Fsp3) is 0.450. The van der Waals surface area contributed by atoms with Crippen LogP contribution in [0.25, 0.3) is 0 Å². The van der Waals surface area contributed by atoms with E-state index in [4.69, 9.17) is 0 Å². The number of amides is 1. The van der Waals surface area contributed by atoms with Gasteiger partial charge in [0.05, 0.1) is 6.42 Å². The predicted octanol–water partition coefficient (Wildman–Crippen LogP) is 3.46. The van der Waals surface area contributed by atoms with Crippen molar-refractivity contribution in [3.63, 3.8) is 0 Å². The van der Waals surface area contributed by atoms with Crippen molar-refractivity contribution in [3.05, 3.63) is 58.3 Å². The van der Waals surface area contributed by atoms with E-state index in [1.54, 1.807) is 11.3 Å². The molecule has 24 heavy (non-hydrogen) atoms. The number of carbonyl (C=O) groups is 1. The first-order chi connectivity index (χ1) is 11.8. The van der Waals surface area contributed by atoms with Gasteiger partial charge in [0.25, 0.3) is 0 Å². The van der Waals surface area contributed by atoms with Crippen LogP contribution in [0.5, 0.6) is 0 Å². The lowest BCUT2D eigenvalue weighted by Gasteiger charge is -2.22. The fourth-order valence-corrected chi connectivity index (χ4v) is 3.94. The van der Waals surface area contributed by atoms with Crippen LogP contribution in [0.4, 0.5) is 0 Å². The maximum absolute atomic E-state index is 12.4. The molecule has 1 aromatic carbocycles. The summed E-state index contributed by atoms with van der Waals surface area (Å²) in [5.41, 5.74) is 2.56. The maximum atomic E-state index is 12.4. The molecule has 4 heteroatoms. The van der Waals surface area contributed by atoms with Crippen molar-refractivity contribution in [1.29, 1.82) is 0 Å². The van der Waals surface area contributed by atoms with Gasteiger partial charge in [-0.25, -0.2) is 0 Å². The van der Waals surface area contributed by atoms with Gasteiger partial charge >= 0.3 is 0 Å². The first-order valence-electron chi connectivity index (χ1n) is 8.86. The van der Waals surface area contributed by atoms with Gasteiger partial charge in [-0.15, -0.1) is 0 Å². The van der Waals surface area contributed by atoms with E-state index in [2.05, 4.69) is 51.6 Å². The molecule has 0 spiro atoms. The highest BCUT2D eigenvalue weighted by Gasteiger charge is 2.19.